The lowest BCUT2D eigenvalue weighted by Gasteiger charge is -2.23. The predicted octanol–water partition coefficient (Wildman–Crippen LogP) is 3.35. The number of benzene rings is 2. The number of amides is 2. The van der Waals surface area contributed by atoms with Gasteiger partial charge in [0.1, 0.15) is 0 Å². The standard InChI is InChI=1S/C21H25N3O2/c1-3-13-21(2,22)20(26)23-17-10-8-16(9-11-17)19(25)24-14-12-15-6-4-5-7-18(15)24/h4-11H,3,12-14,22H2,1-2H3,(H,23,26). The molecule has 2 aromatic rings. The van der Waals surface area contributed by atoms with Gasteiger partial charge in [-0.05, 0) is 55.7 Å². The van der Waals surface area contributed by atoms with Crippen molar-refractivity contribution in [2.24, 2.45) is 5.73 Å². The molecule has 1 heterocycles. The zero-order valence-electron chi connectivity index (χ0n) is 15.3. The summed E-state index contributed by atoms with van der Waals surface area (Å²) in [5.74, 6) is -0.241. The first kappa shape index (κ1) is 18.1. The first-order chi connectivity index (χ1) is 12.4. The molecule has 26 heavy (non-hydrogen) atoms. The van der Waals surface area contributed by atoms with E-state index >= 15 is 0 Å². The average molecular weight is 351 g/mol. The van der Waals surface area contributed by atoms with Gasteiger partial charge in [0, 0.05) is 23.5 Å². The van der Waals surface area contributed by atoms with Gasteiger partial charge in [-0.3, -0.25) is 9.59 Å². The van der Waals surface area contributed by atoms with E-state index in [-0.39, 0.29) is 11.8 Å². The molecule has 0 spiro atoms. The molecular formula is C21H25N3O2. The van der Waals surface area contributed by atoms with Crippen LogP contribution >= 0.6 is 0 Å². The number of nitrogens with one attached hydrogen (secondary N) is 1. The number of carbonyl (C=O) groups is 2. The van der Waals surface area contributed by atoms with Crippen molar-refractivity contribution in [1.29, 1.82) is 0 Å². The SMILES string of the molecule is CCCC(C)(N)C(=O)Nc1ccc(C(=O)N2CCc3ccccc32)cc1. The van der Waals surface area contributed by atoms with E-state index in [1.165, 1.54) is 5.56 Å². The molecule has 0 fully saturated rings. The summed E-state index contributed by atoms with van der Waals surface area (Å²) in [4.78, 5) is 26.9. The molecule has 0 saturated carbocycles. The highest BCUT2D eigenvalue weighted by molar-refractivity contribution is 6.07. The summed E-state index contributed by atoms with van der Waals surface area (Å²) in [5, 5.41) is 2.83. The molecule has 2 amide bonds. The molecule has 0 radical (unpaired) electrons. The number of carbonyl (C=O) groups excluding carboxylic acids is 2. The second kappa shape index (κ2) is 7.30. The Kier molecular flexibility index (Phi) is 5.09. The molecule has 3 N–H and O–H groups in total. The molecular weight excluding hydrogens is 326 g/mol. The number of anilines is 2. The molecule has 0 aromatic heterocycles. The Morgan fingerprint density at radius 3 is 2.54 bits per heavy atom. The number of hydrogen-bond acceptors (Lipinski definition) is 3. The monoisotopic (exact) mass is 351 g/mol. The number of hydrogen-bond donors (Lipinski definition) is 2. The Hall–Kier alpha value is -2.66. The van der Waals surface area contributed by atoms with Gasteiger partial charge in [0.15, 0.2) is 0 Å². The fraction of sp³-hybridized carbons (Fsp3) is 0.333. The van der Waals surface area contributed by atoms with E-state index in [4.69, 9.17) is 5.73 Å². The van der Waals surface area contributed by atoms with Gasteiger partial charge in [-0.1, -0.05) is 31.5 Å². The second-order valence-electron chi connectivity index (χ2n) is 7.03. The molecule has 5 nitrogen and oxygen atoms in total. The van der Waals surface area contributed by atoms with Crippen molar-refractivity contribution in [3.8, 4) is 0 Å². The molecule has 1 aliphatic rings. The van der Waals surface area contributed by atoms with E-state index in [0.29, 0.717) is 24.2 Å². The van der Waals surface area contributed by atoms with Crippen LogP contribution in [0.3, 0.4) is 0 Å². The van der Waals surface area contributed by atoms with Crippen molar-refractivity contribution in [1.82, 2.24) is 0 Å². The van der Waals surface area contributed by atoms with Crippen LogP contribution in [-0.4, -0.2) is 23.9 Å². The van der Waals surface area contributed by atoms with Crippen LogP contribution < -0.4 is 16.0 Å². The normalized spacial score (nSPS) is 15.3. The van der Waals surface area contributed by atoms with Gasteiger partial charge in [-0.2, -0.15) is 0 Å². The topological polar surface area (TPSA) is 75.4 Å². The van der Waals surface area contributed by atoms with Gasteiger partial charge >= 0.3 is 0 Å². The van der Waals surface area contributed by atoms with Crippen molar-refractivity contribution in [3.05, 3.63) is 59.7 Å². The summed E-state index contributed by atoms with van der Waals surface area (Å²) in [5.41, 5.74) is 8.57. The lowest BCUT2D eigenvalue weighted by molar-refractivity contribution is -0.120. The molecule has 3 rings (SSSR count). The van der Waals surface area contributed by atoms with Crippen molar-refractivity contribution in [2.45, 2.75) is 38.6 Å². The molecule has 1 aliphatic heterocycles. The maximum atomic E-state index is 12.8. The summed E-state index contributed by atoms with van der Waals surface area (Å²) in [6, 6.07) is 15.0. The Labute approximate surface area is 154 Å². The van der Waals surface area contributed by atoms with Crippen LogP contribution in [0.1, 0.15) is 42.6 Å². The third-order valence-electron chi connectivity index (χ3n) is 4.81. The number of fused-ring (bicyclic) bond motifs is 1. The number of nitrogens with zero attached hydrogens (tertiary/aromatic N) is 1. The highest BCUT2D eigenvalue weighted by Crippen LogP contribution is 2.29. The van der Waals surface area contributed by atoms with E-state index in [1.807, 2.05) is 25.1 Å². The Balaban J connectivity index is 1.70. The fourth-order valence-corrected chi connectivity index (χ4v) is 3.31. The largest absolute Gasteiger partial charge is 0.325 e. The van der Waals surface area contributed by atoms with E-state index in [9.17, 15) is 9.59 Å². The van der Waals surface area contributed by atoms with Crippen LogP contribution in [0.2, 0.25) is 0 Å². The zero-order valence-corrected chi connectivity index (χ0v) is 15.3. The van der Waals surface area contributed by atoms with Crippen molar-refractivity contribution >= 4 is 23.2 Å². The lowest BCUT2D eigenvalue weighted by atomic mass is 9.96. The van der Waals surface area contributed by atoms with Gasteiger partial charge in [0.05, 0.1) is 5.54 Å². The number of rotatable bonds is 5. The van der Waals surface area contributed by atoms with Gasteiger partial charge in [-0.15, -0.1) is 0 Å². The molecule has 136 valence electrons. The first-order valence-corrected chi connectivity index (χ1v) is 9.02. The second-order valence-corrected chi connectivity index (χ2v) is 7.03. The van der Waals surface area contributed by atoms with Crippen LogP contribution in [0, 0.1) is 0 Å². The lowest BCUT2D eigenvalue weighted by Crippen LogP contribution is -2.48. The third kappa shape index (κ3) is 3.63. The first-order valence-electron chi connectivity index (χ1n) is 9.02. The third-order valence-corrected chi connectivity index (χ3v) is 4.81. The van der Waals surface area contributed by atoms with Crippen molar-refractivity contribution in [2.75, 3.05) is 16.8 Å². The van der Waals surface area contributed by atoms with E-state index in [1.54, 1.807) is 36.1 Å². The predicted molar refractivity (Wildman–Crippen MR) is 104 cm³/mol. The number of para-hydroxylation sites is 1. The minimum Gasteiger partial charge on any atom is -0.325 e. The van der Waals surface area contributed by atoms with Gasteiger partial charge in [0.2, 0.25) is 5.91 Å². The van der Waals surface area contributed by atoms with Crippen molar-refractivity contribution in [3.63, 3.8) is 0 Å². The van der Waals surface area contributed by atoms with Gasteiger partial charge < -0.3 is 16.0 Å². The molecule has 0 aliphatic carbocycles. The average Bonchev–Trinajstić information content (AvgIpc) is 3.06. The van der Waals surface area contributed by atoms with Crippen LogP contribution in [0.5, 0.6) is 0 Å². The number of nitrogens with two attached hydrogens (primary N) is 1. The van der Waals surface area contributed by atoms with Crippen molar-refractivity contribution < 1.29 is 9.59 Å². The van der Waals surface area contributed by atoms with Gasteiger partial charge in [0.25, 0.3) is 5.91 Å². The Morgan fingerprint density at radius 1 is 1.15 bits per heavy atom. The molecule has 5 heteroatoms. The summed E-state index contributed by atoms with van der Waals surface area (Å²) < 4.78 is 0. The quantitative estimate of drug-likeness (QED) is 0.867. The van der Waals surface area contributed by atoms with E-state index in [2.05, 4.69) is 11.4 Å². The minimum absolute atomic E-state index is 0.0255. The highest BCUT2D eigenvalue weighted by Gasteiger charge is 2.28. The molecule has 0 bridgehead atoms. The Morgan fingerprint density at radius 2 is 1.85 bits per heavy atom. The molecule has 1 unspecified atom stereocenters. The van der Waals surface area contributed by atoms with E-state index in [0.717, 1.165) is 18.5 Å². The van der Waals surface area contributed by atoms with Crippen LogP contribution in [0.4, 0.5) is 11.4 Å². The maximum absolute atomic E-state index is 12.8. The summed E-state index contributed by atoms with van der Waals surface area (Å²) >= 11 is 0. The van der Waals surface area contributed by atoms with Crippen LogP contribution in [0.25, 0.3) is 0 Å². The van der Waals surface area contributed by atoms with E-state index < -0.39 is 5.54 Å². The van der Waals surface area contributed by atoms with Gasteiger partial charge in [-0.25, -0.2) is 0 Å². The smallest absolute Gasteiger partial charge is 0.258 e. The van der Waals surface area contributed by atoms with Crippen LogP contribution in [-0.2, 0) is 11.2 Å². The summed E-state index contributed by atoms with van der Waals surface area (Å²) in [6.07, 6.45) is 2.33. The highest BCUT2D eigenvalue weighted by atomic mass is 16.2. The van der Waals surface area contributed by atoms with Crippen LogP contribution in [0.15, 0.2) is 48.5 Å². The molecule has 1 atom stereocenters. The molecule has 0 saturated heterocycles. The minimum atomic E-state index is -0.900. The Bertz CT molecular complexity index is 812. The fourth-order valence-electron chi connectivity index (χ4n) is 3.31. The molecule has 2 aromatic carbocycles. The maximum Gasteiger partial charge on any atom is 0.258 e. The zero-order chi connectivity index (χ0) is 18.7. The summed E-state index contributed by atoms with van der Waals surface area (Å²) in [6.45, 7) is 4.42. The summed E-state index contributed by atoms with van der Waals surface area (Å²) in [7, 11) is 0.